The summed E-state index contributed by atoms with van der Waals surface area (Å²) in [6, 6.07) is 3.41. The summed E-state index contributed by atoms with van der Waals surface area (Å²) in [6.07, 6.45) is 6.78. The molecular formula is C20H25ClN2O4. The van der Waals surface area contributed by atoms with Gasteiger partial charge in [-0.15, -0.1) is 0 Å². The maximum Gasteiger partial charge on any atom is 0.247 e. The number of halogens is 1. The lowest BCUT2D eigenvalue weighted by molar-refractivity contribution is -0.135. The number of nitrogens with one attached hydrogen (secondary N) is 1. The Kier molecular flexibility index (Phi) is 6.26. The van der Waals surface area contributed by atoms with Crippen LogP contribution in [0.15, 0.2) is 18.2 Å². The standard InChI is InChI=1S/C20H25ClN2O4/c1-3-27-17-12-13(11-15(21)19(17)26-2)6-9-18(24)23-10-4-5-16(23)20(25)22-14-7-8-14/h6,9,11-12,14,16H,3-5,7-8,10H2,1-2H3,(H,22,25)/b9-6+. The molecule has 1 aromatic carbocycles. The van der Waals surface area contributed by atoms with Crippen LogP contribution < -0.4 is 14.8 Å². The van der Waals surface area contributed by atoms with E-state index in [1.165, 1.54) is 13.2 Å². The van der Waals surface area contributed by atoms with E-state index in [4.69, 9.17) is 21.1 Å². The van der Waals surface area contributed by atoms with Crippen molar-refractivity contribution in [3.8, 4) is 11.5 Å². The van der Waals surface area contributed by atoms with Gasteiger partial charge in [0.1, 0.15) is 6.04 Å². The summed E-state index contributed by atoms with van der Waals surface area (Å²) in [7, 11) is 1.53. The zero-order valence-corrected chi connectivity index (χ0v) is 16.4. The van der Waals surface area contributed by atoms with Crippen molar-refractivity contribution < 1.29 is 19.1 Å². The van der Waals surface area contributed by atoms with Crippen molar-refractivity contribution in [3.63, 3.8) is 0 Å². The van der Waals surface area contributed by atoms with Gasteiger partial charge in [0.05, 0.1) is 18.7 Å². The van der Waals surface area contributed by atoms with Crippen LogP contribution in [0.25, 0.3) is 6.08 Å². The predicted molar refractivity (Wildman–Crippen MR) is 104 cm³/mol. The summed E-state index contributed by atoms with van der Waals surface area (Å²) < 4.78 is 10.8. The van der Waals surface area contributed by atoms with Gasteiger partial charge in [-0.3, -0.25) is 9.59 Å². The monoisotopic (exact) mass is 392 g/mol. The van der Waals surface area contributed by atoms with Crippen LogP contribution in [0.2, 0.25) is 5.02 Å². The fraction of sp³-hybridized carbons (Fsp3) is 0.500. The Balaban J connectivity index is 1.71. The molecule has 2 fully saturated rings. The summed E-state index contributed by atoms with van der Waals surface area (Å²) in [4.78, 5) is 26.6. The molecule has 0 aromatic heterocycles. The van der Waals surface area contributed by atoms with Crippen LogP contribution in [0.5, 0.6) is 11.5 Å². The van der Waals surface area contributed by atoms with Crippen molar-refractivity contribution >= 4 is 29.5 Å². The summed E-state index contributed by atoms with van der Waals surface area (Å²) >= 11 is 6.24. The number of amides is 2. The third kappa shape index (κ3) is 4.75. The molecule has 27 heavy (non-hydrogen) atoms. The first-order valence-electron chi connectivity index (χ1n) is 9.33. The van der Waals surface area contributed by atoms with E-state index in [9.17, 15) is 9.59 Å². The Morgan fingerprint density at radius 2 is 2.11 bits per heavy atom. The topological polar surface area (TPSA) is 67.9 Å². The first kappa shape index (κ1) is 19.5. The molecular weight excluding hydrogens is 368 g/mol. The number of likely N-dealkylation sites (tertiary alicyclic amines) is 1. The molecule has 1 unspecified atom stereocenters. The van der Waals surface area contributed by atoms with Crippen molar-refractivity contribution in [2.45, 2.75) is 44.7 Å². The normalized spacial score (nSPS) is 19.4. The molecule has 1 atom stereocenters. The summed E-state index contributed by atoms with van der Waals surface area (Å²) in [5.41, 5.74) is 0.732. The van der Waals surface area contributed by atoms with Gasteiger partial charge in [0.15, 0.2) is 11.5 Å². The zero-order chi connectivity index (χ0) is 19.4. The highest BCUT2D eigenvalue weighted by molar-refractivity contribution is 6.32. The van der Waals surface area contributed by atoms with Crippen molar-refractivity contribution in [2.24, 2.45) is 0 Å². The van der Waals surface area contributed by atoms with Crippen molar-refractivity contribution in [1.29, 1.82) is 0 Å². The number of ether oxygens (including phenoxy) is 2. The van der Waals surface area contributed by atoms with Crippen LogP contribution >= 0.6 is 11.6 Å². The van der Waals surface area contributed by atoms with Gasteiger partial charge in [0.25, 0.3) is 0 Å². The molecule has 146 valence electrons. The minimum absolute atomic E-state index is 0.0390. The average molecular weight is 393 g/mol. The molecule has 1 heterocycles. The highest BCUT2D eigenvalue weighted by Crippen LogP contribution is 2.36. The number of hydrogen-bond donors (Lipinski definition) is 1. The van der Waals surface area contributed by atoms with Gasteiger partial charge >= 0.3 is 0 Å². The van der Waals surface area contributed by atoms with Crippen LogP contribution in [0.3, 0.4) is 0 Å². The molecule has 7 heteroatoms. The number of nitrogens with zero attached hydrogens (tertiary/aromatic N) is 1. The Morgan fingerprint density at radius 1 is 1.33 bits per heavy atom. The average Bonchev–Trinajstić information content (AvgIpc) is 3.31. The van der Waals surface area contributed by atoms with Gasteiger partial charge in [0.2, 0.25) is 11.8 Å². The number of methoxy groups -OCH3 is 1. The first-order chi connectivity index (χ1) is 13.0. The van der Waals surface area contributed by atoms with Gasteiger partial charge in [-0.2, -0.15) is 0 Å². The van der Waals surface area contributed by atoms with Gasteiger partial charge in [0, 0.05) is 18.7 Å². The van der Waals surface area contributed by atoms with Crippen molar-refractivity contribution in [3.05, 3.63) is 28.8 Å². The molecule has 0 radical (unpaired) electrons. The summed E-state index contributed by atoms with van der Waals surface area (Å²) in [5.74, 6) is 0.789. The number of rotatable bonds is 7. The zero-order valence-electron chi connectivity index (χ0n) is 15.7. The van der Waals surface area contributed by atoms with Crippen LogP contribution in [0.4, 0.5) is 0 Å². The minimum Gasteiger partial charge on any atom is -0.491 e. The maximum absolute atomic E-state index is 12.6. The number of carbonyl (C=O) groups excluding carboxylic acids is 2. The number of benzene rings is 1. The fourth-order valence-electron chi connectivity index (χ4n) is 3.24. The second-order valence-corrected chi connectivity index (χ2v) is 7.18. The number of carbonyl (C=O) groups is 2. The van der Waals surface area contributed by atoms with Crippen LogP contribution in [0.1, 0.15) is 38.2 Å². The molecule has 1 N–H and O–H groups in total. The number of hydrogen-bond acceptors (Lipinski definition) is 4. The largest absolute Gasteiger partial charge is 0.491 e. The Hall–Kier alpha value is -2.21. The Morgan fingerprint density at radius 3 is 2.78 bits per heavy atom. The fourth-order valence-corrected chi connectivity index (χ4v) is 3.53. The van der Waals surface area contributed by atoms with E-state index in [1.54, 1.807) is 23.1 Å². The summed E-state index contributed by atoms with van der Waals surface area (Å²) in [5, 5.41) is 3.41. The second-order valence-electron chi connectivity index (χ2n) is 6.77. The first-order valence-corrected chi connectivity index (χ1v) is 9.70. The van der Waals surface area contributed by atoms with E-state index in [-0.39, 0.29) is 17.9 Å². The van der Waals surface area contributed by atoms with Crippen LogP contribution in [-0.2, 0) is 9.59 Å². The smallest absolute Gasteiger partial charge is 0.247 e. The lowest BCUT2D eigenvalue weighted by Crippen LogP contribution is -2.46. The summed E-state index contributed by atoms with van der Waals surface area (Å²) in [6.45, 7) is 2.95. The van der Waals surface area contributed by atoms with E-state index in [0.717, 1.165) is 24.8 Å². The molecule has 2 aliphatic rings. The van der Waals surface area contributed by atoms with Gasteiger partial charge in [-0.25, -0.2) is 0 Å². The second kappa shape index (κ2) is 8.65. The molecule has 1 aromatic rings. The third-order valence-corrected chi connectivity index (χ3v) is 5.00. The molecule has 1 aliphatic carbocycles. The van der Waals surface area contributed by atoms with Crippen molar-refractivity contribution in [1.82, 2.24) is 10.2 Å². The minimum atomic E-state index is -0.374. The molecule has 1 saturated carbocycles. The van der Waals surface area contributed by atoms with E-state index >= 15 is 0 Å². The molecule has 0 bridgehead atoms. The van der Waals surface area contributed by atoms with E-state index < -0.39 is 0 Å². The third-order valence-electron chi connectivity index (χ3n) is 4.72. The Bertz CT molecular complexity index is 746. The lowest BCUT2D eigenvalue weighted by atomic mass is 10.1. The lowest BCUT2D eigenvalue weighted by Gasteiger charge is -2.22. The van der Waals surface area contributed by atoms with E-state index in [0.29, 0.717) is 42.1 Å². The SMILES string of the molecule is CCOc1cc(/C=C/C(=O)N2CCCC2C(=O)NC2CC2)cc(Cl)c1OC. The predicted octanol–water partition coefficient (Wildman–Crippen LogP) is 3.03. The van der Waals surface area contributed by atoms with Gasteiger partial charge < -0.3 is 19.7 Å². The van der Waals surface area contributed by atoms with Gasteiger partial charge in [-0.1, -0.05) is 11.6 Å². The molecule has 2 amide bonds. The molecule has 3 rings (SSSR count). The van der Waals surface area contributed by atoms with Crippen molar-refractivity contribution in [2.75, 3.05) is 20.3 Å². The highest BCUT2D eigenvalue weighted by Gasteiger charge is 2.35. The molecule has 1 saturated heterocycles. The van der Waals surface area contributed by atoms with Gasteiger partial charge in [-0.05, 0) is 56.4 Å². The highest BCUT2D eigenvalue weighted by atomic mass is 35.5. The molecule has 6 nitrogen and oxygen atoms in total. The van der Waals surface area contributed by atoms with E-state index in [2.05, 4.69) is 5.32 Å². The molecule has 1 aliphatic heterocycles. The van der Waals surface area contributed by atoms with Crippen LogP contribution in [0, 0.1) is 0 Å². The maximum atomic E-state index is 12.6. The Labute approximate surface area is 164 Å². The quantitative estimate of drug-likeness (QED) is 0.724. The molecule has 0 spiro atoms. The van der Waals surface area contributed by atoms with Crippen LogP contribution in [-0.4, -0.2) is 49.1 Å². The van der Waals surface area contributed by atoms with E-state index in [1.807, 2.05) is 6.92 Å².